The van der Waals surface area contributed by atoms with Gasteiger partial charge in [0.15, 0.2) is 0 Å². The number of hydrogen-bond acceptors (Lipinski definition) is 6. The van der Waals surface area contributed by atoms with E-state index in [1.165, 1.54) is 18.2 Å². The Kier molecular flexibility index (Phi) is 9.17. The standard InChI is InChI=1S/C19H15F4NO2.C18H16FNO2/c1-9(2)18-16(25)5-10(6-17(18)26)15-8-13(19(21,22)23)12-7-11(20)3-4-14(12)24-15;1-10(2)17-15(21)8-13(9-16(17)22)12-6-11-4-3-5-20-18(11)14(19)7-12/h3-9,25-26H,1-2H3;3-10,21-22H,1-2H3. The van der Waals surface area contributed by atoms with Gasteiger partial charge in [0, 0.05) is 33.7 Å². The van der Waals surface area contributed by atoms with Crippen LogP contribution in [0.3, 0.4) is 0 Å². The van der Waals surface area contributed by atoms with Crippen LogP contribution in [0.4, 0.5) is 22.0 Å². The fraction of sp³-hybridized carbons (Fsp3) is 0.189. The van der Waals surface area contributed by atoms with Crippen molar-refractivity contribution in [2.45, 2.75) is 45.7 Å². The van der Waals surface area contributed by atoms with Crippen molar-refractivity contribution in [3.8, 4) is 45.4 Å². The lowest BCUT2D eigenvalue weighted by atomic mass is 9.95. The molecule has 2 aromatic heterocycles. The number of hydrogen-bond donors (Lipinski definition) is 4. The molecule has 0 amide bonds. The minimum Gasteiger partial charge on any atom is -0.507 e. The maximum atomic E-state index is 14.2. The molecule has 11 heteroatoms. The monoisotopic (exact) mass is 662 g/mol. The molecule has 0 radical (unpaired) electrons. The summed E-state index contributed by atoms with van der Waals surface area (Å²) >= 11 is 0. The molecular formula is C37H31F5N2O4. The van der Waals surface area contributed by atoms with Gasteiger partial charge in [-0.2, -0.15) is 13.2 Å². The van der Waals surface area contributed by atoms with Gasteiger partial charge in [-0.1, -0.05) is 33.8 Å². The molecule has 0 saturated carbocycles. The van der Waals surface area contributed by atoms with Crippen molar-refractivity contribution in [1.29, 1.82) is 0 Å². The number of fused-ring (bicyclic) bond motifs is 2. The van der Waals surface area contributed by atoms with Crippen LogP contribution in [-0.4, -0.2) is 30.4 Å². The van der Waals surface area contributed by atoms with E-state index in [1.807, 2.05) is 13.8 Å². The molecule has 48 heavy (non-hydrogen) atoms. The summed E-state index contributed by atoms with van der Waals surface area (Å²) in [6, 6.07) is 16.0. The number of rotatable bonds is 4. The molecule has 2 heterocycles. The van der Waals surface area contributed by atoms with Crippen molar-refractivity contribution in [3.63, 3.8) is 0 Å². The first kappa shape index (κ1) is 33.9. The van der Waals surface area contributed by atoms with Crippen molar-refractivity contribution in [1.82, 2.24) is 9.97 Å². The Bertz CT molecular complexity index is 2120. The zero-order valence-corrected chi connectivity index (χ0v) is 26.2. The van der Waals surface area contributed by atoms with Crippen molar-refractivity contribution in [3.05, 3.63) is 107 Å². The minimum absolute atomic E-state index is 0.00779. The molecule has 6 aromatic rings. The fourth-order valence-corrected chi connectivity index (χ4v) is 5.64. The molecule has 0 saturated heterocycles. The lowest BCUT2D eigenvalue weighted by Crippen LogP contribution is -2.07. The molecule has 0 atom stereocenters. The predicted molar refractivity (Wildman–Crippen MR) is 174 cm³/mol. The summed E-state index contributed by atoms with van der Waals surface area (Å²) in [7, 11) is 0. The van der Waals surface area contributed by atoms with Gasteiger partial charge in [-0.25, -0.2) is 13.8 Å². The maximum absolute atomic E-state index is 14.2. The quantitative estimate of drug-likeness (QED) is 0.140. The van der Waals surface area contributed by atoms with E-state index in [0.717, 1.165) is 24.3 Å². The Labute approximate surface area is 272 Å². The van der Waals surface area contributed by atoms with Gasteiger partial charge in [0.1, 0.15) is 40.1 Å². The Morgan fingerprint density at radius 2 is 1.19 bits per heavy atom. The summed E-state index contributed by atoms with van der Waals surface area (Å²) < 4.78 is 67.8. The summed E-state index contributed by atoms with van der Waals surface area (Å²) in [5.74, 6) is -1.86. The van der Waals surface area contributed by atoms with Crippen LogP contribution >= 0.6 is 0 Å². The summed E-state index contributed by atoms with van der Waals surface area (Å²) in [6.07, 6.45) is -3.17. The molecule has 248 valence electrons. The van der Waals surface area contributed by atoms with Crippen molar-refractivity contribution in [2.75, 3.05) is 0 Å². The molecule has 6 nitrogen and oxygen atoms in total. The van der Waals surface area contributed by atoms with Gasteiger partial charge in [0.25, 0.3) is 0 Å². The second kappa shape index (κ2) is 13.0. The van der Waals surface area contributed by atoms with E-state index in [1.54, 1.807) is 50.4 Å². The van der Waals surface area contributed by atoms with Gasteiger partial charge in [0.2, 0.25) is 0 Å². The molecule has 0 fully saturated rings. The highest BCUT2D eigenvalue weighted by atomic mass is 19.4. The van der Waals surface area contributed by atoms with E-state index < -0.39 is 23.4 Å². The van der Waals surface area contributed by atoms with Crippen molar-refractivity contribution < 1.29 is 42.4 Å². The van der Waals surface area contributed by atoms with Gasteiger partial charge in [0.05, 0.1) is 16.8 Å². The van der Waals surface area contributed by atoms with Crippen LogP contribution in [0.15, 0.2) is 79.0 Å². The zero-order chi connectivity index (χ0) is 35.1. The second-order valence-electron chi connectivity index (χ2n) is 11.9. The number of alkyl halides is 3. The summed E-state index contributed by atoms with van der Waals surface area (Å²) in [5, 5.41) is 40.8. The highest BCUT2D eigenvalue weighted by Gasteiger charge is 2.34. The van der Waals surface area contributed by atoms with Gasteiger partial charge >= 0.3 is 6.18 Å². The van der Waals surface area contributed by atoms with E-state index in [-0.39, 0.29) is 57.0 Å². The van der Waals surface area contributed by atoms with Crippen LogP contribution in [0.2, 0.25) is 0 Å². The van der Waals surface area contributed by atoms with E-state index in [2.05, 4.69) is 9.97 Å². The number of pyridine rings is 2. The van der Waals surface area contributed by atoms with Crippen LogP contribution in [-0.2, 0) is 6.18 Å². The normalized spacial score (nSPS) is 11.7. The van der Waals surface area contributed by atoms with Crippen LogP contribution < -0.4 is 0 Å². The average molecular weight is 663 g/mol. The summed E-state index contributed by atoms with van der Waals surface area (Å²) in [5.41, 5.74) is 1.20. The molecule has 0 aliphatic carbocycles. The number of phenols is 4. The first-order chi connectivity index (χ1) is 22.5. The molecule has 0 aliphatic heterocycles. The Balaban J connectivity index is 0.000000190. The smallest absolute Gasteiger partial charge is 0.417 e. The van der Waals surface area contributed by atoms with Gasteiger partial charge in [-0.3, -0.25) is 4.98 Å². The third kappa shape index (κ3) is 6.80. The van der Waals surface area contributed by atoms with E-state index in [9.17, 15) is 42.4 Å². The highest BCUT2D eigenvalue weighted by Crippen LogP contribution is 2.42. The van der Waals surface area contributed by atoms with Crippen LogP contribution in [0.5, 0.6) is 23.0 Å². The predicted octanol–water partition coefficient (Wildman–Crippen LogP) is 10.2. The summed E-state index contributed by atoms with van der Waals surface area (Å²) in [4.78, 5) is 8.14. The molecule has 0 aliphatic rings. The molecule has 0 bridgehead atoms. The summed E-state index contributed by atoms with van der Waals surface area (Å²) in [6.45, 7) is 7.30. The van der Waals surface area contributed by atoms with Gasteiger partial charge < -0.3 is 20.4 Å². The number of halogens is 5. The SMILES string of the molecule is CC(C)c1c(O)cc(-c2cc(C(F)(F)F)c3cc(F)ccc3n2)cc1O.CC(C)c1c(O)cc(-c2cc(F)c3ncccc3c2)cc1O. The van der Waals surface area contributed by atoms with Crippen molar-refractivity contribution >= 4 is 21.8 Å². The number of aromatic hydroxyl groups is 4. The van der Waals surface area contributed by atoms with E-state index in [4.69, 9.17) is 0 Å². The van der Waals surface area contributed by atoms with E-state index in [0.29, 0.717) is 33.2 Å². The molecule has 4 aromatic carbocycles. The Hall–Kier alpha value is -5.45. The maximum Gasteiger partial charge on any atom is 0.417 e. The number of phenolic OH excluding ortho intramolecular Hbond substituents is 4. The second-order valence-corrected chi connectivity index (χ2v) is 11.9. The zero-order valence-electron chi connectivity index (χ0n) is 26.2. The van der Waals surface area contributed by atoms with Gasteiger partial charge in [-0.15, -0.1) is 0 Å². The van der Waals surface area contributed by atoms with E-state index >= 15 is 0 Å². The van der Waals surface area contributed by atoms with Crippen LogP contribution in [0, 0.1) is 11.6 Å². The lowest BCUT2D eigenvalue weighted by molar-refractivity contribution is -0.136. The first-order valence-corrected chi connectivity index (χ1v) is 14.9. The average Bonchev–Trinajstić information content (AvgIpc) is 2.99. The number of nitrogens with zero attached hydrogens (tertiary/aromatic N) is 2. The number of benzene rings is 4. The Morgan fingerprint density at radius 1 is 0.646 bits per heavy atom. The minimum atomic E-state index is -4.72. The molecule has 0 unspecified atom stereocenters. The third-order valence-electron chi connectivity index (χ3n) is 7.79. The largest absolute Gasteiger partial charge is 0.507 e. The first-order valence-electron chi connectivity index (χ1n) is 14.9. The van der Waals surface area contributed by atoms with Crippen molar-refractivity contribution in [2.24, 2.45) is 0 Å². The fourth-order valence-electron chi connectivity index (χ4n) is 5.64. The molecule has 6 rings (SSSR count). The van der Waals surface area contributed by atoms with Gasteiger partial charge in [-0.05, 0) is 89.7 Å². The topological polar surface area (TPSA) is 107 Å². The third-order valence-corrected chi connectivity index (χ3v) is 7.79. The molecule has 0 spiro atoms. The molecular weight excluding hydrogens is 631 g/mol. The number of aromatic nitrogens is 2. The lowest BCUT2D eigenvalue weighted by Gasteiger charge is -2.15. The Morgan fingerprint density at radius 3 is 1.73 bits per heavy atom. The highest BCUT2D eigenvalue weighted by molar-refractivity contribution is 5.87. The molecule has 4 N–H and O–H groups in total. The van der Waals surface area contributed by atoms with Crippen LogP contribution in [0.25, 0.3) is 44.2 Å². The van der Waals surface area contributed by atoms with Crippen LogP contribution in [0.1, 0.15) is 56.2 Å².